The molecule has 0 saturated carbocycles. The number of hydrogen-bond donors (Lipinski definition) is 1. The normalized spacial score (nSPS) is 11.8. The Kier molecular flexibility index (Phi) is 6.28. The highest BCUT2D eigenvalue weighted by atomic mass is 16.5. The van der Waals surface area contributed by atoms with Crippen molar-refractivity contribution < 1.29 is 23.5 Å². The molecule has 0 aromatic carbocycles. The van der Waals surface area contributed by atoms with Crippen LogP contribution in [0.2, 0.25) is 0 Å². The largest absolute Gasteiger partial charge is 0.475 e. The molecule has 0 aliphatic heterocycles. The molecule has 0 bridgehead atoms. The van der Waals surface area contributed by atoms with E-state index in [1.165, 1.54) is 7.11 Å². The van der Waals surface area contributed by atoms with E-state index < -0.39 is 6.09 Å². The van der Waals surface area contributed by atoms with Gasteiger partial charge in [-0.05, 0) is 32.9 Å². The van der Waals surface area contributed by atoms with Gasteiger partial charge in [-0.2, -0.15) is 0 Å². The Bertz CT molecular complexity index is 938. The van der Waals surface area contributed by atoms with Crippen LogP contribution in [-0.4, -0.2) is 34.4 Å². The monoisotopic (exact) mass is 398 g/mol. The smallest absolute Gasteiger partial charge is 0.407 e. The Hall–Kier alpha value is -3.62. The Morgan fingerprint density at radius 3 is 2.45 bits per heavy atom. The van der Waals surface area contributed by atoms with Gasteiger partial charge in [-0.1, -0.05) is 5.16 Å². The van der Waals surface area contributed by atoms with Gasteiger partial charge < -0.3 is 24.1 Å². The van der Waals surface area contributed by atoms with Crippen molar-refractivity contribution in [3.63, 3.8) is 0 Å². The number of carbonyl (C=O) groups excluding carboxylic acids is 1. The third-order valence-electron chi connectivity index (χ3n) is 3.80. The number of pyridine rings is 2. The van der Waals surface area contributed by atoms with E-state index in [-0.39, 0.29) is 12.1 Å². The minimum atomic E-state index is -0.545. The number of nitrogens with one attached hydrogen (secondary N) is 1. The number of aromatic nitrogens is 3. The van der Waals surface area contributed by atoms with E-state index in [2.05, 4.69) is 25.2 Å². The van der Waals surface area contributed by atoms with Crippen LogP contribution in [0.5, 0.6) is 17.5 Å². The summed E-state index contributed by atoms with van der Waals surface area (Å²) >= 11 is 0. The number of rotatable bonds is 7. The third kappa shape index (κ3) is 5.44. The zero-order valence-electron chi connectivity index (χ0n) is 16.6. The molecule has 0 radical (unpaired) electrons. The van der Waals surface area contributed by atoms with E-state index in [0.717, 1.165) is 5.56 Å². The van der Waals surface area contributed by atoms with E-state index in [9.17, 15) is 4.79 Å². The predicted molar refractivity (Wildman–Crippen MR) is 104 cm³/mol. The summed E-state index contributed by atoms with van der Waals surface area (Å²) in [4.78, 5) is 19.8. The van der Waals surface area contributed by atoms with Crippen LogP contribution in [0.3, 0.4) is 0 Å². The molecule has 152 valence electrons. The maximum atomic E-state index is 11.3. The van der Waals surface area contributed by atoms with Crippen molar-refractivity contribution in [1.29, 1.82) is 0 Å². The lowest BCUT2D eigenvalue weighted by Crippen LogP contribution is -2.25. The minimum Gasteiger partial charge on any atom is -0.475 e. The minimum absolute atomic E-state index is 0.0553. The zero-order chi connectivity index (χ0) is 20.8. The van der Waals surface area contributed by atoms with Crippen molar-refractivity contribution in [3.05, 3.63) is 48.5 Å². The summed E-state index contributed by atoms with van der Waals surface area (Å²) in [5.74, 6) is 2.00. The van der Waals surface area contributed by atoms with Gasteiger partial charge >= 0.3 is 6.09 Å². The summed E-state index contributed by atoms with van der Waals surface area (Å²) in [7, 11) is 1.30. The first-order valence-electron chi connectivity index (χ1n) is 9.02. The molecule has 9 nitrogen and oxygen atoms in total. The van der Waals surface area contributed by atoms with Gasteiger partial charge in [0.2, 0.25) is 11.8 Å². The second-order valence-electron chi connectivity index (χ2n) is 6.46. The number of carbonyl (C=O) groups is 1. The summed E-state index contributed by atoms with van der Waals surface area (Å²) in [6, 6.07) is 8.39. The summed E-state index contributed by atoms with van der Waals surface area (Å²) < 4.78 is 21.1. The fraction of sp³-hybridized carbons (Fsp3) is 0.300. The molecule has 1 atom stereocenters. The molecule has 0 aliphatic carbocycles. The molecule has 3 rings (SSSR count). The van der Waals surface area contributed by atoms with Crippen LogP contribution in [-0.2, 0) is 4.74 Å². The summed E-state index contributed by atoms with van der Waals surface area (Å²) in [5.41, 5.74) is 1.34. The molecule has 0 fully saturated rings. The number of hydrogen-bond acceptors (Lipinski definition) is 8. The van der Waals surface area contributed by atoms with Crippen LogP contribution in [0.1, 0.15) is 32.6 Å². The fourth-order valence-electron chi connectivity index (χ4n) is 2.39. The molecule has 1 N–H and O–H groups in total. The SMILES string of the molecule is COC(=O)NC(C)c1cc(-c2ccc(Oc3ccc(OC(C)C)nc3)nc2)no1. The lowest BCUT2D eigenvalue weighted by atomic mass is 10.1. The first-order chi connectivity index (χ1) is 13.9. The molecule has 0 aliphatic rings. The molecular formula is C20H22N4O5. The van der Waals surface area contributed by atoms with Gasteiger partial charge in [0.15, 0.2) is 5.76 Å². The van der Waals surface area contributed by atoms with E-state index in [4.69, 9.17) is 14.0 Å². The highest BCUT2D eigenvalue weighted by molar-refractivity contribution is 5.67. The van der Waals surface area contributed by atoms with Crippen molar-refractivity contribution in [3.8, 4) is 28.8 Å². The van der Waals surface area contributed by atoms with Crippen molar-refractivity contribution in [2.75, 3.05) is 7.11 Å². The summed E-state index contributed by atoms with van der Waals surface area (Å²) in [5, 5.41) is 6.63. The highest BCUT2D eigenvalue weighted by Crippen LogP contribution is 2.25. The summed E-state index contributed by atoms with van der Waals surface area (Å²) in [6.45, 7) is 5.64. The molecule has 1 unspecified atom stereocenters. The highest BCUT2D eigenvalue weighted by Gasteiger charge is 2.16. The lowest BCUT2D eigenvalue weighted by molar-refractivity contribution is 0.165. The summed E-state index contributed by atoms with van der Waals surface area (Å²) in [6.07, 6.45) is 2.71. The van der Waals surface area contributed by atoms with Crippen LogP contribution in [0.4, 0.5) is 4.79 Å². The quantitative estimate of drug-likeness (QED) is 0.633. The van der Waals surface area contributed by atoms with Gasteiger partial charge in [0.25, 0.3) is 0 Å². The standard InChI is InChI=1S/C20H22N4O5/c1-12(2)27-18-8-6-15(11-22-18)28-19-7-5-14(10-21-19)16-9-17(29-24-16)13(3)23-20(25)26-4/h5-13H,1-4H3,(H,23,25). The van der Waals surface area contributed by atoms with Gasteiger partial charge in [0.1, 0.15) is 11.4 Å². The number of nitrogens with zero attached hydrogens (tertiary/aromatic N) is 3. The van der Waals surface area contributed by atoms with Crippen molar-refractivity contribution in [2.24, 2.45) is 0 Å². The Morgan fingerprint density at radius 2 is 1.83 bits per heavy atom. The average molecular weight is 398 g/mol. The van der Waals surface area contributed by atoms with Crippen LogP contribution < -0.4 is 14.8 Å². The third-order valence-corrected chi connectivity index (χ3v) is 3.80. The maximum absolute atomic E-state index is 11.3. The second kappa shape index (κ2) is 9.05. The van der Waals surface area contributed by atoms with Crippen LogP contribution in [0.15, 0.2) is 47.2 Å². The van der Waals surface area contributed by atoms with E-state index >= 15 is 0 Å². The number of amides is 1. The fourth-order valence-corrected chi connectivity index (χ4v) is 2.39. The Morgan fingerprint density at radius 1 is 1.07 bits per heavy atom. The molecule has 29 heavy (non-hydrogen) atoms. The molecule has 3 heterocycles. The van der Waals surface area contributed by atoms with Gasteiger partial charge in [-0.15, -0.1) is 0 Å². The molecule has 1 amide bonds. The van der Waals surface area contributed by atoms with Gasteiger partial charge in [-0.25, -0.2) is 14.8 Å². The first-order valence-corrected chi connectivity index (χ1v) is 9.02. The Balaban J connectivity index is 1.64. The number of alkyl carbamates (subject to hydrolysis) is 1. The molecule has 9 heteroatoms. The van der Waals surface area contributed by atoms with Crippen molar-refractivity contribution in [2.45, 2.75) is 32.9 Å². The van der Waals surface area contributed by atoms with Crippen molar-refractivity contribution >= 4 is 6.09 Å². The zero-order valence-corrected chi connectivity index (χ0v) is 16.6. The molecule has 0 saturated heterocycles. The van der Waals surface area contributed by atoms with E-state index in [0.29, 0.717) is 29.0 Å². The second-order valence-corrected chi connectivity index (χ2v) is 6.46. The first kappa shape index (κ1) is 20.1. The molecule has 0 spiro atoms. The van der Waals surface area contributed by atoms with Crippen LogP contribution >= 0.6 is 0 Å². The van der Waals surface area contributed by atoms with Gasteiger partial charge in [0.05, 0.1) is 25.5 Å². The molecule has 3 aromatic heterocycles. The maximum Gasteiger partial charge on any atom is 0.407 e. The Labute approximate surface area is 168 Å². The van der Waals surface area contributed by atoms with Gasteiger partial charge in [0, 0.05) is 30.0 Å². The van der Waals surface area contributed by atoms with Crippen LogP contribution in [0, 0.1) is 0 Å². The lowest BCUT2D eigenvalue weighted by Gasteiger charge is -2.09. The van der Waals surface area contributed by atoms with Gasteiger partial charge in [-0.3, -0.25) is 0 Å². The molecular weight excluding hydrogens is 376 g/mol. The molecule has 3 aromatic rings. The van der Waals surface area contributed by atoms with Crippen LogP contribution in [0.25, 0.3) is 11.3 Å². The number of methoxy groups -OCH3 is 1. The van der Waals surface area contributed by atoms with Crippen molar-refractivity contribution in [1.82, 2.24) is 20.4 Å². The average Bonchev–Trinajstić information content (AvgIpc) is 3.20. The van der Waals surface area contributed by atoms with E-state index in [1.807, 2.05) is 19.9 Å². The topological polar surface area (TPSA) is 109 Å². The predicted octanol–water partition coefficient (Wildman–Crippen LogP) is 4.13. The van der Waals surface area contributed by atoms with E-state index in [1.54, 1.807) is 43.6 Å². The number of ether oxygens (including phenoxy) is 3.